The number of rotatable bonds is 6. The van der Waals surface area contributed by atoms with Crippen LogP contribution in [0.5, 0.6) is 0 Å². The molecule has 0 fully saturated rings. The molecule has 0 bridgehead atoms. The summed E-state index contributed by atoms with van der Waals surface area (Å²) in [6.45, 7) is 9.38. The van der Waals surface area contributed by atoms with E-state index in [0.717, 1.165) is 11.1 Å². The summed E-state index contributed by atoms with van der Waals surface area (Å²) < 4.78 is 10.9. The molecule has 0 aliphatic rings. The first-order chi connectivity index (χ1) is 8.38. The second-order valence-electron chi connectivity index (χ2n) is 5.47. The molecule has 1 aromatic carbocycles. The Balaban J connectivity index is 2.23. The lowest BCUT2D eigenvalue weighted by atomic mass is 10.1. The quantitative estimate of drug-likeness (QED) is 0.791. The third kappa shape index (κ3) is 6.15. The Kier molecular flexibility index (Phi) is 5.79. The van der Waals surface area contributed by atoms with E-state index in [4.69, 9.17) is 9.47 Å². The average Bonchev–Trinajstić information content (AvgIpc) is 2.26. The fourth-order valence-electron chi connectivity index (χ4n) is 1.58. The summed E-state index contributed by atoms with van der Waals surface area (Å²) in [7, 11) is 0. The summed E-state index contributed by atoms with van der Waals surface area (Å²) in [6.07, 6.45) is -0.570. The molecule has 1 unspecified atom stereocenters. The van der Waals surface area contributed by atoms with E-state index in [1.165, 1.54) is 0 Å². The zero-order valence-electron chi connectivity index (χ0n) is 11.8. The van der Waals surface area contributed by atoms with Crippen LogP contribution in [0.25, 0.3) is 0 Å². The largest absolute Gasteiger partial charge is 0.386 e. The Labute approximate surface area is 110 Å². The van der Waals surface area contributed by atoms with E-state index in [9.17, 15) is 5.11 Å². The molecule has 0 aliphatic heterocycles. The minimum atomic E-state index is -0.570. The van der Waals surface area contributed by atoms with Gasteiger partial charge in [0.15, 0.2) is 0 Å². The molecule has 0 spiro atoms. The molecule has 0 heterocycles. The van der Waals surface area contributed by atoms with E-state index >= 15 is 0 Å². The molecule has 1 atom stereocenters. The third-order valence-electron chi connectivity index (χ3n) is 2.47. The normalized spacial score (nSPS) is 13.6. The lowest BCUT2D eigenvalue weighted by Crippen LogP contribution is -2.22. The second-order valence-corrected chi connectivity index (χ2v) is 5.47. The minimum Gasteiger partial charge on any atom is -0.386 e. The molecule has 3 nitrogen and oxygen atoms in total. The highest BCUT2D eigenvalue weighted by Gasteiger charge is 2.10. The number of ether oxygens (including phenoxy) is 2. The maximum Gasteiger partial charge on any atom is 0.102 e. The lowest BCUT2D eigenvalue weighted by Gasteiger charge is -2.19. The van der Waals surface area contributed by atoms with Crippen LogP contribution in [0.15, 0.2) is 24.3 Å². The maximum absolute atomic E-state index is 9.94. The first kappa shape index (κ1) is 15.2. The van der Waals surface area contributed by atoms with Crippen LogP contribution in [0.2, 0.25) is 0 Å². The van der Waals surface area contributed by atoms with Gasteiger partial charge in [-0.1, -0.05) is 29.8 Å². The Bertz CT molecular complexity index is 355. The summed E-state index contributed by atoms with van der Waals surface area (Å²) in [5, 5.41) is 9.94. The topological polar surface area (TPSA) is 38.7 Å². The van der Waals surface area contributed by atoms with Crippen molar-refractivity contribution < 1.29 is 14.6 Å². The van der Waals surface area contributed by atoms with Crippen LogP contribution in [-0.4, -0.2) is 30.5 Å². The van der Waals surface area contributed by atoms with E-state index in [-0.39, 0.29) is 5.60 Å². The summed E-state index contributed by atoms with van der Waals surface area (Å²) in [5.74, 6) is 0. The van der Waals surface area contributed by atoms with Crippen LogP contribution in [0.4, 0.5) is 0 Å². The van der Waals surface area contributed by atoms with Crippen molar-refractivity contribution in [2.75, 3.05) is 19.8 Å². The van der Waals surface area contributed by atoms with Crippen molar-refractivity contribution in [3.8, 4) is 0 Å². The highest BCUT2D eigenvalue weighted by Crippen LogP contribution is 2.14. The highest BCUT2D eigenvalue weighted by molar-refractivity contribution is 5.23. The van der Waals surface area contributed by atoms with E-state index in [1.807, 2.05) is 52.0 Å². The molecule has 0 aromatic heterocycles. The molecular weight excluding hydrogens is 228 g/mol. The van der Waals surface area contributed by atoms with E-state index in [2.05, 4.69) is 0 Å². The monoisotopic (exact) mass is 252 g/mol. The van der Waals surface area contributed by atoms with Gasteiger partial charge in [-0.05, 0) is 33.3 Å². The van der Waals surface area contributed by atoms with Gasteiger partial charge in [-0.3, -0.25) is 0 Å². The molecule has 0 amide bonds. The molecule has 3 heteroatoms. The van der Waals surface area contributed by atoms with Gasteiger partial charge in [0.25, 0.3) is 0 Å². The van der Waals surface area contributed by atoms with Gasteiger partial charge in [0.1, 0.15) is 6.10 Å². The Morgan fingerprint density at radius 1 is 1.22 bits per heavy atom. The van der Waals surface area contributed by atoms with Crippen LogP contribution < -0.4 is 0 Å². The van der Waals surface area contributed by atoms with Crippen molar-refractivity contribution in [2.45, 2.75) is 39.4 Å². The summed E-state index contributed by atoms with van der Waals surface area (Å²) in [5.41, 5.74) is 1.90. The van der Waals surface area contributed by atoms with Gasteiger partial charge in [0, 0.05) is 0 Å². The van der Waals surface area contributed by atoms with Crippen LogP contribution in [-0.2, 0) is 9.47 Å². The molecule has 1 N–H and O–H groups in total. The average molecular weight is 252 g/mol. The van der Waals surface area contributed by atoms with Crippen LogP contribution in [0.3, 0.4) is 0 Å². The highest BCUT2D eigenvalue weighted by atomic mass is 16.5. The molecule has 0 radical (unpaired) electrons. The van der Waals surface area contributed by atoms with Gasteiger partial charge in [0.2, 0.25) is 0 Å². The number of benzene rings is 1. The molecule has 0 aliphatic carbocycles. The Morgan fingerprint density at radius 2 is 1.94 bits per heavy atom. The summed E-state index contributed by atoms with van der Waals surface area (Å²) in [4.78, 5) is 0. The van der Waals surface area contributed by atoms with Crippen LogP contribution in [0.1, 0.15) is 38.0 Å². The van der Waals surface area contributed by atoms with Gasteiger partial charge in [-0.2, -0.15) is 0 Å². The Hall–Kier alpha value is -0.900. The number of aliphatic hydroxyl groups is 1. The number of aliphatic hydroxyl groups excluding tert-OH is 1. The van der Waals surface area contributed by atoms with Crippen molar-refractivity contribution in [3.05, 3.63) is 35.4 Å². The van der Waals surface area contributed by atoms with E-state index in [1.54, 1.807) is 0 Å². The molecule has 1 aromatic rings. The predicted octanol–water partition coefficient (Wildman–Crippen LogP) is 2.86. The SMILES string of the molecule is Cc1cccc(C(O)COCCOC(C)(C)C)c1. The van der Waals surface area contributed by atoms with Crippen molar-refractivity contribution in [2.24, 2.45) is 0 Å². The number of hydrogen-bond donors (Lipinski definition) is 1. The zero-order chi connectivity index (χ0) is 13.6. The second kappa shape index (κ2) is 6.88. The third-order valence-corrected chi connectivity index (χ3v) is 2.47. The molecule has 1 rings (SSSR count). The number of hydrogen-bond acceptors (Lipinski definition) is 3. The fraction of sp³-hybridized carbons (Fsp3) is 0.600. The Morgan fingerprint density at radius 3 is 2.56 bits per heavy atom. The van der Waals surface area contributed by atoms with Gasteiger partial charge in [-0.25, -0.2) is 0 Å². The summed E-state index contributed by atoms with van der Waals surface area (Å²) >= 11 is 0. The van der Waals surface area contributed by atoms with Crippen LogP contribution >= 0.6 is 0 Å². The van der Waals surface area contributed by atoms with E-state index < -0.39 is 6.10 Å². The standard InChI is InChI=1S/C15H24O3/c1-12-6-5-7-13(10-12)14(16)11-17-8-9-18-15(2,3)4/h5-7,10,14,16H,8-9,11H2,1-4H3. The van der Waals surface area contributed by atoms with Crippen molar-refractivity contribution >= 4 is 0 Å². The van der Waals surface area contributed by atoms with Crippen molar-refractivity contribution in [1.82, 2.24) is 0 Å². The number of aryl methyl sites for hydroxylation is 1. The first-order valence-electron chi connectivity index (χ1n) is 6.35. The van der Waals surface area contributed by atoms with Gasteiger partial charge < -0.3 is 14.6 Å². The minimum absolute atomic E-state index is 0.140. The molecule has 0 saturated carbocycles. The molecule has 18 heavy (non-hydrogen) atoms. The van der Waals surface area contributed by atoms with Crippen LogP contribution in [0, 0.1) is 6.92 Å². The van der Waals surface area contributed by atoms with Gasteiger partial charge in [0.05, 0.1) is 25.4 Å². The van der Waals surface area contributed by atoms with Crippen molar-refractivity contribution in [1.29, 1.82) is 0 Å². The smallest absolute Gasteiger partial charge is 0.102 e. The van der Waals surface area contributed by atoms with Gasteiger partial charge in [-0.15, -0.1) is 0 Å². The van der Waals surface area contributed by atoms with E-state index in [0.29, 0.717) is 19.8 Å². The van der Waals surface area contributed by atoms with Gasteiger partial charge >= 0.3 is 0 Å². The molecular formula is C15H24O3. The zero-order valence-corrected chi connectivity index (χ0v) is 11.8. The predicted molar refractivity (Wildman–Crippen MR) is 72.7 cm³/mol. The maximum atomic E-state index is 9.94. The van der Waals surface area contributed by atoms with Crippen molar-refractivity contribution in [3.63, 3.8) is 0 Å². The lowest BCUT2D eigenvalue weighted by molar-refractivity contribution is -0.0477. The first-order valence-corrected chi connectivity index (χ1v) is 6.35. The fourth-order valence-corrected chi connectivity index (χ4v) is 1.58. The summed E-state index contributed by atoms with van der Waals surface area (Å²) in [6, 6.07) is 7.83. The molecule has 102 valence electrons. The molecule has 0 saturated heterocycles.